The van der Waals surface area contributed by atoms with Crippen LogP contribution in [0.2, 0.25) is 0 Å². The third-order valence-corrected chi connectivity index (χ3v) is 6.90. The van der Waals surface area contributed by atoms with Crippen LogP contribution in [0, 0.1) is 5.92 Å². The van der Waals surface area contributed by atoms with E-state index in [0.717, 1.165) is 25.8 Å². The average molecular weight is 346 g/mol. The number of nitrogens with zero attached hydrogens (tertiary/aromatic N) is 1. The highest BCUT2D eigenvalue weighted by atomic mass is 16.2. The molecule has 3 heteroatoms. The first-order chi connectivity index (χ1) is 12.7. The molecule has 2 aromatic carbocycles. The molecule has 1 amide bonds. The zero-order valence-corrected chi connectivity index (χ0v) is 15.1. The first-order valence-corrected chi connectivity index (χ1v) is 9.87. The zero-order chi connectivity index (χ0) is 17.7. The van der Waals surface area contributed by atoms with E-state index in [1.807, 2.05) is 11.0 Å². The monoisotopic (exact) mass is 346 g/mol. The van der Waals surface area contributed by atoms with Crippen LogP contribution in [-0.2, 0) is 16.6 Å². The van der Waals surface area contributed by atoms with Crippen LogP contribution >= 0.6 is 0 Å². The molecule has 2 fully saturated rings. The highest BCUT2D eigenvalue weighted by Gasteiger charge is 2.61. The SMILES string of the molecule is N[C@@H]1CN(C(=O)C2CC23CCCc2ccccc23)C[C@H]1c1ccccc1. The third kappa shape index (κ3) is 2.41. The topological polar surface area (TPSA) is 46.3 Å². The summed E-state index contributed by atoms with van der Waals surface area (Å²) < 4.78 is 0. The summed E-state index contributed by atoms with van der Waals surface area (Å²) in [5, 5.41) is 0. The van der Waals surface area contributed by atoms with Crippen molar-refractivity contribution in [3.8, 4) is 0 Å². The highest BCUT2D eigenvalue weighted by molar-refractivity contribution is 5.85. The Bertz CT molecular complexity index is 833. The molecule has 0 radical (unpaired) electrons. The summed E-state index contributed by atoms with van der Waals surface area (Å²) in [7, 11) is 0. The van der Waals surface area contributed by atoms with E-state index in [9.17, 15) is 4.79 Å². The quantitative estimate of drug-likeness (QED) is 0.907. The van der Waals surface area contributed by atoms with Crippen molar-refractivity contribution >= 4 is 5.91 Å². The Labute approximate surface area is 155 Å². The minimum absolute atomic E-state index is 0.0368. The van der Waals surface area contributed by atoms with Crippen LogP contribution in [0.1, 0.15) is 41.9 Å². The summed E-state index contributed by atoms with van der Waals surface area (Å²) in [6.07, 6.45) is 4.53. The van der Waals surface area contributed by atoms with E-state index in [4.69, 9.17) is 5.73 Å². The molecular formula is C23H26N2O. The van der Waals surface area contributed by atoms with Crippen LogP contribution in [0.25, 0.3) is 0 Å². The number of likely N-dealkylation sites (tertiary alicyclic amines) is 1. The largest absolute Gasteiger partial charge is 0.340 e. The molecule has 134 valence electrons. The molecule has 0 bridgehead atoms. The Kier molecular flexibility index (Phi) is 3.68. The first-order valence-electron chi connectivity index (χ1n) is 9.87. The molecule has 26 heavy (non-hydrogen) atoms. The number of hydrogen-bond acceptors (Lipinski definition) is 2. The Balaban J connectivity index is 1.35. The van der Waals surface area contributed by atoms with Gasteiger partial charge >= 0.3 is 0 Å². The fraction of sp³-hybridized carbons (Fsp3) is 0.435. The number of carbonyl (C=O) groups is 1. The van der Waals surface area contributed by atoms with Gasteiger partial charge in [0.2, 0.25) is 5.91 Å². The van der Waals surface area contributed by atoms with E-state index < -0.39 is 0 Å². The van der Waals surface area contributed by atoms with Crippen LogP contribution in [0.4, 0.5) is 0 Å². The molecule has 0 aromatic heterocycles. The number of fused-ring (bicyclic) bond motifs is 2. The maximum absolute atomic E-state index is 13.3. The molecule has 1 heterocycles. The van der Waals surface area contributed by atoms with Gasteiger partial charge in [0.15, 0.2) is 0 Å². The van der Waals surface area contributed by atoms with Crippen LogP contribution in [0.3, 0.4) is 0 Å². The van der Waals surface area contributed by atoms with Crippen LogP contribution in [0.15, 0.2) is 54.6 Å². The van der Waals surface area contributed by atoms with Gasteiger partial charge in [-0.15, -0.1) is 0 Å². The van der Waals surface area contributed by atoms with Crippen molar-refractivity contribution in [1.29, 1.82) is 0 Å². The minimum Gasteiger partial charge on any atom is -0.340 e. The van der Waals surface area contributed by atoms with E-state index in [-0.39, 0.29) is 23.3 Å². The van der Waals surface area contributed by atoms with Gasteiger partial charge in [-0.25, -0.2) is 0 Å². The van der Waals surface area contributed by atoms with Gasteiger partial charge in [0.05, 0.1) is 0 Å². The second kappa shape index (κ2) is 5.95. The fourth-order valence-electron chi connectivity index (χ4n) is 5.44. The van der Waals surface area contributed by atoms with Gasteiger partial charge in [0.1, 0.15) is 0 Å². The number of nitrogens with two attached hydrogens (primary N) is 1. The second-order valence-corrected chi connectivity index (χ2v) is 8.35. The molecule has 4 atom stereocenters. The molecule has 2 aromatic rings. The van der Waals surface area contributed by atoms with Crippen molar-refractivity contribution in [2.24, 2.45) is 11.7 Å². The van der Waals surface area contributed by atoms with Gasteiger partial charge in [-0.1, -0.05) is 54.6 Å². The molecule has 2 unspecified atom stereocenters. The summed E-state index contributed by atoms with van der Waals surface area (Å²) in [5.41, 5.74) is 10.7. The number of rotatable bonds is 2. The van der Waals surface area contributed by atoms with Gasteiger partial charge in [-0.2, -0.15) is 0 Å². The van der Waals surface area contributed by atoms with E-state index in [2.05, 4.69) is 48.5 Å². The smallest absolute Gasteiger partial charge is 0.226 e. The molecule has 3 nitrogen and oxygen atoms in total. The van der Waals surface area contributed by atoms with E-state index in [0.29, 0.717) is 12.5 Å². The predicted molar refractivity (Wildman–Crippen MR) is 103 cm³/mol. The molecule has 1 spiro atoms. The van der Waals surface area contributed by atoms with Gasteiger partial charge in [-0.05, 0) is 42.4 Å². The van der Waals surface area contributed by atoms with Crippen molar-refractivity contribution in [2.45, 2.75) is 43.1 Å². The Morgan fingerprint density at radius 3 is 2.65 bits per heavy atom. The van der Waals surface area contributed by atoms with Crippen molar-refractivity contribution in [2.75, 3.05) is 13.1 Å². The molecule has 1 aliphatic heterocycles. The van der Waals surface area contributed by atoms with Gasteiger partial charge in [0.25, 0.3) is 0 Å². The highest BCUT2D eigenvalue weighted by Crippen LogP contribution is 2.61. The number of amides is 1. The molecule has 2 aliphatic carbocycles. The first kappa shape index (κ1) is 16.1. The standard InChI is InChI=1S/C23H26N2O/c24-21-15-25(14-18(21)16-7-2-1-3-8-16)22(26)20-13-23(20)12-6-10-17-9-4-5-11-19(17)23/h1-5,7-9,11,18,20-21H,6,10,12-15,24H2/t18-,20?,21+,23?/m0/s1. The number of benzene rings is 2. The molecule has 1 saturated carbocycles. The van der Waals surface area contributed by atoms with Crippen LogP contribution < -0.4 is 5.73 Å². The van der Waals surface area contributed by atoms with Gasteiger partial charge < -0.3 is 10.6 Å². The third-order valence-electron chi connectivity index (χ3n) is 6.90. The van der Waals surface area contributed by atoms with E-state index in [1.54, 1.807) is 0 Å². The second-order valence-electron chi connectivity index (χ2n) is 8.35. The van der Waals surface area contributed by atoms with E-state index >= 15 is 0 Å². The summed E-state index contributed by atoms with van der Waals surface area (Å²) in [6, 6.07) is 19.2. The molecule has 5 rings (SSSR count). The minimum atomic E-state index is 0.0368. The fourth-order valence-corrected chi connectivity index (χ4v) is 5.44. The van der Waals surface area contributed by atoms with Crippen molar-refractivity contribution in [3.63, 3.8) is 0 Å². The lowest BCUT2D eigenvalue weighted by Crippen LogP contribution is -2.35. The summed E-state index contributed by atoms with van der Waals surface area (Å²) in [4.78, 5) is 15.3. The van der Waals surface area contributed by atoms with Crippen molar-refractivity contribution in [3.05, 3.63) is 71.3 Å². The molecule has 2 N–H and O–H groups in total. The summed E-state index contributed by atoms with van der Waals surface area (Å²) >= 11 is 0. The molecule has 3 aliphatic rings. The van der Waals surface area contributed by atoms with Gasteiger partial charge in [-0.3, -0.25) is 4.79 Å². The van der Waals surface area contributed by atoms with Crippen LogP contribution in [0.5, 0.6) is 0 Å². The molecular weight excluding hydrogens is 320 g/mol. The van der Waals surface area contributed by atoms with Crippen molar-refractivity contribution < 1.29 is 4.79 Å². The predicted octanol–water partition coefficient (Wildman–Crippen LogP) is 3.23. The number of aryl methyl sites for hydroxylation is 1. The molecule has 1 saturated heterocycles. The summed E-state index contributed by atoms with van der Waals surface area (Å²) in [6.45, 7) is 1.45. The zero-order valence-electron chi connectivity index (χ0n) is 15.1. The number of hydrogen-bond donors (Lipinski definition) is 1. The Morgan fingerprint density at radius 1 is 1.04 bits per heavy atom. The van der Waals surface area contributed by atoms with Crippen molar-refractivity contribution in [1.82, 2.24) is 4.90 Å². The Morgan fingerprint density at radius 2 is 1.81 bits per heavy atom. The lowest BCUT2D eigenvalue weighted by atomic mass is 9.78. The lowest BCUT2D eigenvalue weighted by Gasteiger charge is -2.27. The van der Waals surface area contributed by atoms with Gasteiger partial charge in [0, 0.05) is 36.4 Å². The normalized spacial score (nSPS) is 32.5. The van der Waals surface area contributed by atoms with E-state index in [1.165, 1.54) is 23.1 Å². The number of carbonyl (C=O) groups excluding carboxylic acids is 1. The Hall–Kier alpha value is -2.13. The maximum atomic E-state index is 13.3. The average Bonchev–Trinajstić information content (AvgIpc) is 3.26. The summed E-state index contributed by atoms with van der Waals surface area (Å²) in [5.74, 6) is 0.745. The lowest BCUT2D eigenvalue weighted by molar-refractivity contribution is -0.132. The van der Waals surface area contributed by atoms with Crippen LogP contribution in [-0.4, -0.2) is 29.9 Å². The maximum Gasteiger partial charge on any atom is 0.226 e.